The molecule has 10 rings (SSSR count). The Morgan fingerprint density at radius 2 is 0.897 bits per heavy atom. The molecule has 0 aliphatic carbocycles. The van der Waals surface area contributed by atoms with Gasteiger partial charge in [0.25, 0.3) is 0 Å². The molecule has 0 aliphatic heterocycles. The fraction of sp³-hybridized carbons (Fsp3) is 0. The Labute approximate surface area is 336 Å². The van der Waals surface area contributed by atoms with E-state index in [0.717, 1.165) is 72.4 Å². The van der Waals surface area contributed by atoms with Crippen LogP contribution in [0.4, 0.5) is 22.7 Å². The Morgan fingerprint density at radius 1 is 0.397 bits per heavy atom. The molecular weight excluding hydrogens is 709 g/mol. The van der Waals surface area contributed by atoms with E-state index < -0.39 is 0 Å². The van der Waals surface area contributed by atoms with Crippen LogP contribution in [-0.4, -0.2) is 19.5 Å². The summed E-state index contributed by atoms with van der Waals surface area (Å²) in [7, 11) is 0. The van der Waals surface area contributed by atoms with E-state index in [2.05, 4.69) is 124 Å². The van der Waals surface area contributed by atoms with Crippen LogP contribution in [0.15, 0.2) is 206 Å². The molecule has 272 valence electrons. The topological polar surface area (TPSA) is 51.2 Å². The maximum atomic E-state index is 8.09. The van der Waals surface area contributed by atoms with Crippen LogP contribution in [0.5, 0.6) is 0 Å². The minimum absolute atomic E-state index is 0.539. The SMILES string of the molecule is [C-]#[N+]c1ccccc1-c1cc(-c2nc(-c3ccccc3)nc(-c3ccccc3)n2)cc(-n2c3ccccc3c3ccc(N(c4ccccc4)c4ccccc4)cc32)c1. The van der Waals surface area contributed by atoms with Crippen LogP contribution >= 0.6 is 0 Å². The molecule has 58 heavy (non-hydrogen) atoms. The molecule has 0 aliphatic rings. The number of aromatic nitrogens is 4. The van der Waals surface area contributed by atoms with E-state index in [9.17, 15) is 0 Å². The van der Waals surface area contributed by atoms with Gasteiger partial charge in [-0.25, -0.2) is 19.8 Å². The zero-order valence-electron chi connectivity index (χ0n) is 31.3. The van der Waals surface area contributed by atoms with Crippen LogP contribution in [0.3, 0.4) is 0 Å². The molecule has 0 unspecified atom stereocenters. The lowest BCUT2D eigenvalue weighted by molar-refractivity contribution is 1.07. The smallest absolute Gasteiger partial charge is 0.194 e. The molecule has 0 amide bonds. The van der Waals surface area contributed by atoms with Crippen molar-refractivity contribution in [3.63, 3.8) is 0 Å². The number of anilines is 3. The van der Waals surface area contributed by atoms with Gasteiger partial charge in [0.15, 0.2) is 23.2 Å². The summed E-state index contributed by atoms with van der Waals surface area (Å²) in [6.07, 6.45) is 0. The predicted molar refractivity (Wildman–Crippen MR) is 237 cm³/mol. The molecule has 6 heteroatoms. The Balaban J connectivity index is 1.25. The predicted octanol–water partition coefficient (Wildman–Crippen LogP) is 13.7. The van der Waals surface area contributed by atoms with Crippen molar-refractivity contribution in [1.82, 2.24) is 19.5 Å². The highest BCUT2D eigenvalue weighted by atomic mass is 15.1. The average molecular weight is 743 g/mol. The second kappa shape index (κ2) is 14.8. The van der Waals surface area contributed by atoms with Crippen molar-refractivity contribution in [2.75, 3.05) is 4.90 Å². The molecule has 0 radical (unpaired) electrons. The first-order valence-electron chi connectivity index (χ1n) is 19.1. The van der Waals surface area contributed by atoms with Crippen LogP contribution in [0.1, 0.15) is 0 Å². The summed E-state index contributed by atoms with van der Waals surface area (Å²) in [5.74, 6) is 1.71. The lowest BCUT2D eigenvalue weighted by Crippen LogP contribution is -2.09. The highest BCUT2D eigenvalue weighted by Gasteiger charge is 2.20. The fourth-order valence-electron chi connectivity index (χ4n) is 7.76. The number of benzene rings is 8. The van der Waals surface area contributed by atoms with Crippen molar-refractivity contribution in [2.24, 2.45) is 0 Å². The van der Waals surface area contributed by atoms with Gasteiger partial charge in [-0.1, -0.05) is 146 Å². The number of hydrogen-bond acceptors (Lipinski definition) is 4. The molecule has 0 bridgehead atoms. The molecule has 2 heterocycles. The largest absolute Gasteiger partial charge is 0.310 e. The standard InChI is InChI=1S/C52H34N6/c1-53-47-28-16-14-26-44(47)38-32-39(52-55-50(36-18-6-2-7-19-36)54-51(56-52)37-20-8-3-9-21-37)34-43(33-38)58-48-29-17-15-27-45(48)46-31-30-42(35-49(46)58)57(40-22-10-4-11-23-40)41-24-12-5-13-25-41/h2-35H. The summed E-state index contributed by atoms with van der Waals surface area (Å²) in [6.45, 7) is 8.09. The van der Waals surface area contributed by atoms with Crippen molar-refractivity contribution in [1.29, 1.82) is 0 Å². The number of fused-ring (bicyclic) bond motifs is 3. The van der Waals surface area contributed by atoms with Gasteiger partial charge in [0.2, 0.25) is 0 Å². The fourth-order valence-corrected chi connectivity index (χ4v) is 7.76. The van der Waals surface area contributed by atoms with E-state index in [0.29, 0.717) is 23.2 Å². The molecule has 0 saturated carbocycles. The first kappa shape index (κ1) is 34.4. The van der Waals surface area contributed by atoms with Gasteiger partial charge in [-0.05, 0) is 71.8 Å². The maximum absolute atomic E-state index is 8.09. The summed E-state index contributed by atoms with van der Waals surface area (Å²) in [4.78, 5) is 21.4. The zero-order valence-corrected chi connectivity index (χ0v) is 31.3. The van der Waals surface area contributed by atoms with Crippen LogP contribution in [-0.2, 0) is 0 Å². The quantitative estimate of drug-likeness (QED) is 0.145. The van der Waals surface area contributed by atoms with Crippen molar-refractivity contribution < 1.29 is 0 Å². The van der Waals surface area contributed by atoms with Crippen molar-refractivity contribution in [2.45, 2.75) is 0 Å². The van der Waals surface area contributed by atoms with E-state index in [1.54, 1.807) is 0 Å². The van der Waals surface area contributed by atoms with Crippen LogP contribution < -0.4 is 4.90 Å². The lowest BCUT2D eigenvalue weighted by Gasteiger charge is -2.25. The van der Waals surface area contributed by atoms with Crippen molar-refractivity contribution in [3.8, 4) is 51.0 Å². The number of nitrogens with zero attached hydrogens (tertiary/aromatic N) is 6. The minimum atomic E-state index is 0.539. The Kier molecular flexibility index (Phi) is 8.79. The Morgan fingerprint density at radius 3 is 1.52 bits per heavy atom. The zero-order chi connectivity index (χ0) is 38.8. The van der Waals surface area contributed by atoms with Crippen LogP contribution in [0, 0.1) is 6.57 Å². The van der Waals surface area contributed by atoms with E-state index in [1.165, 1.54) is 0 Å². The third kappa shape index (κ3) is 6.33. The molecule has 2 aromatic heterocycles. The summed E-state index contributed by atoms with van der Waals surface area (Å²) >= 11 is 0. The van der Waals surface area contributed by atoms with E-state index in [4.69, 9.17) is 21.5 Å². The van der Waals surface area contributed by atoms with Gasteiger partial charge in [0.1, 0.15) is 0 Å². The van der Waals surface area contributed by atoms with Gasteiger partial charge >= 0.3 is 0 Å². The van der Waals surface area contributed by atoms with Gasteiger partial charge in [0, 0.05) is 50.2 Å². The number of para-hydroxylation sites is 4. The molecule has 8 aromatic carbocycles. The normalized spacial score (nSPS) is 11.1. The third-order valence-electron chi connectivity index (χ3n) is 10.4. The molecule has 0 saturated heterocycles. The van der Waals surface area contributed by atoms with Crippen LogP contribution in [0.25, 0.3) is 77.6 Å². The molecular formula is C52H34N6. The second-order valence-electron chi connectivity index (χ2n) is 14.0. The molecule has 0 N–H and O–H groups in total. The lowest BCUT2D eigenvalue weighted by atomic mass is 9.99. The van der Waals surface area contributed by atoms with Gasteiger partial charge in [0.05, 0.1) is 17.6 Å². The maximum Gasteiger partial charge on any atom is 0.194 e. The average Bonchev–Trinajstić information content (AvgIpc) is 3.64. The van der Waals surface area contributed by atoms with Gasteiger partial charge in [-0.15, -0.1) is 0 Å². The highest BCUT2D eigenvalue weighted by Crippen LogP contribution is 2.41. The third-order valence-corrected chi connectivity index (χ3v) is 10.4. The molecule has 10 aromatic rings. The highest BCUT2D eigenvalue weighted by molar-refractivity contribution is 6.10. The van der Waals surface area contributed by atoms with E-state index in [1.807, 2.05) is 97.1 Å². The summed E-state index contributed by atoms with van der Waals surface area (Å²) in [5.41, 5.74) is 11.1. The number of rotatable bonds is 8. The summed E-state index contributed by atoms with van der Waals surface area (Å²) < 4.78 is 2.33. The van der Waals surface area contributed by atoms with E-state index >= 15 is 0 Å². The van der Waals surface area contributed by atoms with Gasteiger partial charge < -0.3 is 9.47 Å². The first-order valence-corrected chi connectivity index (χ1v) is 19.1. The summed E-state index contributed by atoms with van der Waals surface area (Å²) in [5, 5.41) is 2.27. The van der Waals surface area contributed by atoms with Crippen molar-refractivity contribution >= 4 is 44.6 Å². The molecule has 0 atom stereocenters. The molecule has 6 nitrogen and oxygen atoms in total. The Bertz CT molecular complexity index is 3020. The second-order valence-corrected chi connectivity index (χ2v) is 14.0. The van der Waals surface area contributed by atoms with Crippen LogP contribution in [0.2, 0.25) is 0 Å². The monoisotopic (exact) mass is 742 g/mol. The van der Waals surface area contributed by atoms with E-state index in [-0.39, 0.29) is 0 Å². The number of hydrogen-bond donors (Lipinski definition) is 0. The minimum Gasteiger partial charge on any atom is -0.310 e. The summed E-state index contributed by atoms with van der Waals surface area (Å²) in [6, 6.07) is 70.4. The Hall–Kier alpha value is -8.14. The van der Waals surface area contributed by atoms with Crippen molar-refractivity contribution in [3.05, 3.63) is 218 Å². The first-order chi connectivity index (χ1) is 28.7. The molecule has 0 spiro atoms. The molecule has 0 fully saturated rings. The van der Waals surface area contributed by atoms with Gasteiger partial charge in [-0.3, -0.25) is 0 Å². The van der Waals surface area contributed by atoms with Gasteiger partial charge in [-0.2, -0.15) is 0 Å².